The van der Waals surface area contributed by atoms with Crippen LogP contribution in [-0.4, -0.2) is 11.6 Å². The van der Waals surface area contributed by atoms with Crippen LogP contribution in [0.3, 0.4) is 0 Å². The number of hydrogen-bond acceptors (Lipinski definition) is 3. The number of benzene rings is 1. The lowest BCUT2D eigenvalue weighted by Gasteiger charge is -2.06. The highest BCUT2D eigenvalue weighted by Gasteiger charge is 2.00. The van der Waals surface area contributed by atoms with Gasteiger partial charge in [0.1, 0.15) is 11.6 Å². The molecule has 1 aromatic carbocycles. The van der Waals surface area contributed by atoms with E-state index in [0.29, 0.717) is 5.82 Å². The molecule has 1 aromatic heterocycles. The summed E-state index contributed by atoms with van der Waals surface area (Å²) in [4.78, 5) is 4.04. The molecule has 1 heterocycles. The summed E-state index contributed by atoms with van der Waals surface area (Å²) in [5, 5.41) is 2.04. The second-order valence-electron chi connectivity index (χ2n) is 3.43. The zero-order chi connectivity index (χ0) is 10.7. The molecule has 0 saturated carbocycles. The fourth-order valence-corrected chi connectivity index (χ4v) is 1.49. The van der Waals surface area contributed by atoms with Gasteiger partial charge in [0.05, 0.1) is 6.61 Å². The van der Waals surface area contributed by atoms with E-state index in [2.05, 4.69) is 11.9 Å². The van der Waals surface area contributed by atoms with Crippen LogP contribution in [0.1, 0.15) is 13.3 Å². The van der Waals surface area contributed by atoms with Crippen LogP contribution in [0.5, 0.6) is 5.75 Å². The average Bonchev–Trinajstić information content (AvgIpc) is 2.26. The molecular formula is C12H14N2O. The number of aromatic nitrogens is 1. The Balaban J connectivity index is 2.39. The van der Waals surface area contributed by atoms with E-state index in [1.54, 1.807) is 6.20 Å². The van der Waals surface area contributed by atoms with Crippen LogP contribution in [0, 0.1) is 0 Å². The van der Waals surface area contributed by atoms with Gasteiger partial charge in [-0.1, -0.05) is 6.92 Å². The molecule has 3 heteroatoms. The Morgan fingerprint density at radius 3 is 3.00 bits per heavy atom. The van der Waals surface area contributed by atoms with Crippen molar-refractivity contribution in [1.82, 2.24) is 4.98 Å². The van der Waals surface area contributed by atoms with E-state index in [4.69, 9.17) is 10.5 Å². The molecule has 15 heavy (non-hydrogen) atoms. The number of nitrogens with zero attached hydrogens (tertiary/aromatic N) is 1. The maximum atomic E-state index is 5.75. The molecule has 0 radical (unpaired) electrons. The molecule has 0 spiro atoms. The first kappa shape index (κ1) is 9.77. The number of nitrogens with two attached hydrogens (primary N) is 1. The van der Waals surface area contributed by atoms with E-state index in [9.17, 15) is 0 Å². The summed E-state index contributed by atoms with van der Waals surface area (Å²) in [7, 11) is 0. The van der Waals surface area contributed by atoms with Crippen LogP contribution in [0.4, 0.5) is 5.82 Å². The van der Waals surface area contributed by atoms with Crippen molar-refractivity contribution in [3.63, 3.8) is 0 Å². The Kier molecular flexibility index (Phi) is 2.72. The first-order valence-corrected chi connectivity index (χ1v) is 5.08. The average molecular weight is 202 g/mol. The molecule has 0 aliphatic heterocycles. The predicted molar refractivity (Wildman–Crippen MR) is 61.9 cm³/mol. The second kappa shape index (κ2) is 4.17. The Hall–Kier alpha value is -1.77. The fraction of sp³-hybridized carbons (Fsp3) is 0.250. The third kappa shape index (κ3) is 2.01. The lowest BCUT2D eigenvalue weighted by Crippen LogP contribution is -1.95. The number of ether oxygens (including phenoxy) is 1. The van der Waals surface area contributed by atoms with Gasteiger partial charge in [0, 0.05) is 11.6 Å². The fourth-order valence-electron chi connectivity index (χ4n) is 1.49. The number of nitrogen functional groups attached to an aromatic ring is 1. The van der Waals surface area contributed by atoms with Crippen molar-refractivity contribution in [3.05, 3.63) is 30.5 Å². The van der Waals surface area contributed by atoms with Crippen molar-refractivity contribution < 1.29 is 4.74 Å². The van der Waals surface area contributed by atoms with Gasteiger partial charge in [-0.05, 0) is 36.1 Å². The Bertz CT molecular complexity index is 468. The van der Waals surface area contributed by atoms with E-state index >= 15 is 0 Å². The quantitative estimate of drug-likeness (QED) is 0.832. The topological polar surface area (TPSA) is 48.1 Å². The van der Waals surface area contributed by atoms with E-state index in [1.165, 1.54) is 0 Å². The molecule has 0 unspecified atom stereocenters. The molecule has 0 fully saturated rings. The van der Waals surface area contributed by atoms with Crippen LogP contribution >= 0.6 is 0 Å². The largest absolute Gasteiger partial charge is 0.494 e. The molecule has 2 N–H and O–H groups in total. The molecule has 3 nitrogen and oxygen atoms in total. The number of hydrogen-bond donors (Lipinski definition) is 1. The Labute approximate surface area is 88.9 Å². The van der Waals surface area contributed by atoms with Gasteiger partial charge in [-0.25, -0.2) is 4.98 Å². The smallest absolute Gasteiger partial charge is 0.131 e. The zero-order valence-electron chi connectivity index (χ0n) is 8.73. The van der Waals surface area contributed by atoms with Crippen molar-refractivity contribution in [2.24, 2.45) is 0 Å². The summed E-state index contributed by atoms with van der Waals surface area (Å²) in [6, 6.07) is 7.80. The number of fused-ring (bicyclic) bond motifs is 1. The van der Waals surface area contributed by atoms with Crippen LogP contribution in [0.25, 0.3) is 10.8 Å². The lowest BCUT2D eigenvalue weighted by atomic mass is 10.1. The summed E-state index contributed by atoms with van der Waals surface area (Å²) < 4.78 is 5.54. The van der Waals surface area contributed by atoms with Gasteiger partial charge in [0.2, 0.25) is 0 Å². The maximum Gasteiger partial charge on any atom is 0.131 e. The molecule has 2 aromatic rings. The van der Waals surface area contributed by atoms with Gasteiger partial charge in [-0.2, -0.15) is 0 Å². The Morgan fingerprint density at radius 1 is 1.33 bits per heavy atom. The number of anilines is 1. The molecular weight excluding hydrogens is 188 g/mol. The minimum Gasteiger partial charge on any atom is -0.494 e. The summed E-state index contributed by atoms with van der Waals surface area (Å²) >= 11 is 0. The molecule has 0 bridgehead atoms. The molecule has 0 atom stereocenters. The van der Waals surface area contributed by atoms with Gasteiger partial charge < -0.3 is 10.5 Å². The predicted octanol–water partition coefficient (Wildman–Crippen LogP) is 2.61. The minimum absolute atomic E-state index is 0.564. The molecule has 78 valence electrons. The van der Waals surface area contributed by atoms with Crippen LogP contribution in [0.2, 0.25) is 0 Å². The third-order valence-electron chi connectivity index (χ3n) is 2.24. The second-order valence-corrected chi connectivity index (χ2v) is 3.43. The van der Waals surface area contributed by atoms with Crippen molar-refractivity contribution in [2.45, 2.75) is 13.3 Å². The normalized spacial score (nSPS) is 10.5. The lowest BCUT2D eigenvalue weighted by molar-refractivity contribution is 0.318. The highest BCUT2D eigenvalue weighted by molar-refractivity contribution is 5.91. The maximum absolute atomic E-state index is 5.75. The zero-order valence-corrected chi connectivity index (χ0v) is 8.73. The summed E-state index contributed by atoms with van der Waals surface area (Å²) in [5.74, 6) is 1.45. The molecule has 0 saturated heterocycles. The first-order chi connectivity index (χ1) is 7.31. The van der Waals surface area contributed by atoms with E-state index in [0.717, 1.165) is 29.5 Å². The van der Waals surface area contributed by atoms with Gasteiger partial charge in [0.15, 0.2) is 0 Å². The summed E-state index contributed by atoms with van der Waals surface area (Å²) in [6.07, 6.45) is 2.72. The first-order valence-electron chi connectivity index (χ1n) is 5.08. The van der Waals surface area contributed by atoms with Crippen molar-refractivity contribution in [1.29, 1.82) is 0 Å². The Morgan fingerprint density at radius 2 is 2.20 bits per heavy atom. The van der Waals surface area contributed by atoms with Crippen LogP contribution in [-0.2, 0) is 0 Å². The van der Waals surface area contributed by atoms with Gasteiger partial charge >= 0.3 is 0 Å². The monoisotopic (exact) mass is 202 g/mol. The SMILES string of the molecule is CCCOc1ccc2c(N)nccc2c1. The third-order valence-corrected chi connectivity index (χ3v) is 2.24. The standard InChI is InChI=1S/C12H14N2O/c1-2-7-15-10-3-4-11-9(8-10)5-6-14-12(11)13/h3-6,8H,2,7H2,1H3,(H2,13,14). The van der Waals surface area contributed by atoms with Crippen LogP contribution in [0.15, 0.2) is 30.5 Å². The highest BCUT2D eigenvalue weighted by atomic mass is 16.5. The van der Waals surface area contributed by atoms with E-state index < -0.39 is 0 Å². The molecule has 0 aliphatic carbocycles. The van der Waals surface area contributed by atoms with Crippen molar-refractivity contribution in [2.75, 3.05) is 12.3 Å². The highest BCUT2D eigenvalue weighted by Crippen LogP contribution is 2.23. The van der Waals surface area contributed by atoms with E-state index in [-0.39, 0.29) is 0 Å². The van der Waals surface area contributed by atoms with Crippen molar-refractivity contribution >= 4 is 16.6 Å². The number of rotatable bonds is 3. The van der Waals surface area contributed by atoms with Gasteiger partial charge in [0.25, 0.3) is 0 Å². The molecule has 2 rings (SSSR count). The van der Waals surface area contributed by atoms with Crippen molar-refractivity contribution in [3.8, 4) is 5.75 Å². The van der Waals surface area contributed by atoms with Gasteiger partial charge in [-0.3, -0.25) is 0 Å². The van der Waals surface area contributed by atoms with E-state index in [1.807, 2.05) is 24.3 Å². The molecule has 0 amide bonds. The van der Waals surface area contributed by atoms with Crippen LogP contribution < -0.4 is 10.5 Å². The summed E-state index contributed by atoms with van der Waals surface area (Å²) in [6.45, 7) is 2.83. The number of pyridine rings is 1. The van der Waals surface area contributed by atoms with Gasteiger partial charge in [-0.15, -0.1) is 0 Å². The summed E-state index contributed by atoms with van der Waals surface area (Å²) in [5.41, 5.74) is 5.75. The molecule has 0 aliphatic rings. The minimum atomic E-state index is 0.564.